The van der Waals surface area contributed by atoms with Gasteiger partial charge in [0.25, 0.3) is 5.56 Å². The van der Waals surface area contributed by atoms with Crippen LogP contribution in [0.5, 0.6) is 0 Å². The lowest BCUT2D eigenvalue weighted by Gasteiger charge is -2.12. The molecule has 0 aliphatic carbocycles. The molecule has 1 aromatic carbocycles. The molecule has 0 saturated heterocycles. The Labute approximate surface area is 177 Å². The van der Waals surface area contributed by atoms with Crippen molar-refractivity contribution >= 4 is 39.2 Å². The van der Waals surface area contributed by atoms with Crippen LogP contribution >= 0.6 is 23.1 Å². The molecule has 154 valence electrons. The van der Waals surface area contributed by atoms with Crippen LogP contribution in [0.25, 0.3) is 10.2 Å². The molecule has 0 aliphatic rings. The van der Waals surface area contributed by atoms with Crippen LogP contribution in [0.15, 0.2) is 34.2 Å². The Bertz CT molecular complexity index is 1090. The van der Waals surface area contributed by atoms with Crippen LogP contribution in [0.4, 0.5) is 4.39 Å². The molecule has 0 radical (unpaired) electrons. The first kappa shape index (κ1) is 21.5. The molecular weight excluding hydrogens is 409 g/mol. The lowest BCUT2D eigenvalue weighted by atomic mass is 10.2. The first-order valence-electron chi connectivity index (χ1n) is 9.55. The van der Waals surface area contributed by atoms with Gasteiger partial charge in [-0.1, -0.05) is 43.3 Å². The average Bonchev–Trinajstić information content (AvgIpc) is 2.99. The third-order valence-corrected chi connectivity index (χ3v) is 6.83. The maximum atomic E-state index is 13.7. The zero-order valence-electron chi connectivity index (χ0n) is 16.8. The number of thioether (sulfide) groups is 1. The molecule has 0 aliphatic heterocycles. The second-order valence-electron chi connectivity index (χ2n) is 6.82. The number of rotatable bonds is 8. The van der Waals surface area contributed by atoms with E-state index in [9.17, 15) is 14.0 Å². The number of benzene rings is 1. The summed E-state index contributed by atoms with van der Waals surface area (Å²) < 4.78 is 15.4. The molecule has 2 heterocycles. The van der Waals surface area contributed by atoms with Gasteiger partial charge in [0.1, 0.15) is 10.6 Å². The summed E-state index contributed by atoms with van der Waals surface area (Å²) in [7, 11) is 0. The van der Waals surface area contributed by atoms with Crippen LogP contribution in [0.1, 0.15) is 35.8 Å². The number of hydrogen-bond donors (Lipinski definition) is 1. The number of amides is 1. The number of aromatic nitrogens is 2. The molecule has 8 heteroatoms. The number of nitrogens with zero attached hydrogens (tertiary/aromatic N) is 2. The fourth-order valence-corrected chi connectivity index (χ4v) is 4.87. The predicted molar refractivity (Wildman–Crippen MR) is 117 cm³/mol. The minimum absolute atomic E-state index is 0.0421. The lowest BCUT2D eigenvalue weighted by molar-refractivity contribution is -0.118. The van der Waals surface area contributed by atoms with Gasteiger partial charge in [-0.3, -0.25) is 14.2 Å². The van der Waals surface area contributed by atoms with Gasteiger partial charge in [-0.2, -0.15) is 0 Å². The second-order valence-corrected chi connectivity index (χ2v) is 8.97. The molecule has 3 rings (SSSR count). The largest absolute Gasteiger partial charge is 0.351 e. The second kappa shape index (κ2) is 9.54. The SMILES string of the molecule is CCCCn1c(SCC(=O)NCc2ccccc2F)nc2sc(C)c(C)c2c1=O. The first-order valence-corrected chi connectivity index (χ1v) is 11.4. The molecule has 0 atom stereocenters. The molecule has 3 aromatic rings. The van der Waals surface area contributed by atoms with Gasteiger partial charge in [0.05, 0.1) is 11.1 Å². The highest BCUT2D eigenvalue weighted by molar-refractivity contribution is 7.99. The Morgan fingerprint density at radius 1 is 1.31 bits per heavy atom. The Kier molecular flexibility index (Phi) is 7.08. The summed E-state index contributed by atoms with van der Waals surface area (Å²) >= 11 is 2.74. The Morgan fingerprint density at radius 3 is 2.79 bits per heavy atom. The number of carbonyl (C=O) groups is 1. The van der Waals surface area contributed by atoms with Crippen molar-refractivity contribution in [3.63, 3.8) is 0 Å². The molecule has 29 heavy (non-hydrogen) atoms. The standard InChI is InChI=1S/C21H24FN3O2S2/c1-4-5-10-25-20(27)18-13(2)14(3)29-19(18)24-21(25)28-12-17(26)23-11-15-8-6-7-9-16(15)22/h6-9H,4-5,10-12H2,1-3H3,(H,23,26). The third kappa shape index (κ3) is 4.87. The van der Waals surface area contributed by atoms with Crippen molar-refractivity contribution in [1.29, 1.82) is 0 Å². The molecule has 0 saturated carbocycles. The molecule has 0 bridgehead atoms. The van der Waals surface area contributed by atoms with Crippen LogP contribution in [-0.4, -0.2) is 21.2 Å². The summed E-state index contributed by atoms with van der Waals surface area (Å²) in [4.78, 5) is 31.8. The minimum atomic E-state index is -0.343. The highest BCUT2D eigenvalue weighted by atomic mass is 32.2. The van der Waals surface area contributed by atoms with Crippen molar-refractivity contribution < 1.29 is 9.18 Å². The number of thiophene rings is 1. The Morgan fingerprint density at radius 2 is 2.07 bits per heavy atom. The molecule has 1 amide bonds. The van der Waals surface area contributed by atoms with Gasteiger partial charge >= 0.3 is 0 Å². The summed E-state index contributed by atoms with van der Waals surface area (Å²) in [5.41, 5.74) is 1.38. The first-order chi connectivity index (χ1) is 13.9. The topological polar surface area (TPSA) is 64.0 Å². The van der Waals surface area contributed by atoms with Crippen molar-refractivity contribution in [3.05, 3.63) is 56.4 Å². The highest BCUT2D eigenvalue weighted by Crippen LogP contribution is 2.28. The fourth-order valence-electron chi connectivity index (χ4n) is 2.95. The molecule has 0 spiro atoms. The highest BCUT2D eigenvalue weighted by Gasteiger charge is 2.17. The van der Waals surface area contributed by atoms with Gasteiger partial charge in [-0.15, -0.1) is 11.3 Å². The van der Waals surface area contributed by atoms with Gasteiger partial charge in [-0.05, 0) is 31.9 Å². The van der Waals surface area contributed by atoms with E-state index in [2.05, 4.69) is 17.2 Å². The summed E-state index contributed by atoms with van der Waals surface area (Å²) in [6.45, 7) is 6.71. The summed E-state index contributed by atoms with van der Waals surface area (Å²) in [5.74, 6) is -0.459. The minimum Gasteiger partial charge on any atom is -0.351 e. The van der Waals surface area contributed by atoms with Gasteiger partial charge in [0.15, 0.2) is 5.16 Å². The number of fused-ring (bicyclic) bond motifs is 1. The fraction of sp³-hybridized carbons (Fsp3) is 0.381. The number of aryl methyl sites for hydroxylation is 2. The molecule has 2 aromatic heterocycles. The van der Waals surface area contributed by atoms with E-state index in [1.807, 2.05) is 13.8 Å². The van der Waals surface area contributed by atoms with Crippen LogP contribution < -0.4 is 10.9 Å². The van der Waals surface area contributed by atoms with E-state index in [0.717, 1.165) is 23.3 Å². The van der Waals surface area contributed by atoms with Gasteiger partial charge in [-0.25, -0.2) is 9.37 Å². The maximum absolute atomic E-state index is 13.7. The smallest absolute Gasteiger partial charge is 0.263 e. The van der Waals surface area contributed by atoms with Gasteiger partial charge in [0.2, 0.25) is 5.91 Å². The molecular formula is C21H24FN3O2S2. The van der Waals surface area contributed by atoms with Crippen LogP contribution in [0.2, 0.25) is 0 Å². The molecule has 0 unspecified atom stereocenters. The maximum Gasteiger partial charge on any atom is 0.263 e. The quantitative estimate of drug-likeness (QED) is 0.422. The average molecular weight is 434 g/mol. The monoisotopic (exact) mass is 433 g/mol. The number of hydrogen-bond acceptors (Lipinski definition) is 5. The van der Waals surface area contributed by atoms with Crippen molar-refractivity contribution in [2.24, 2.45) is 0 Å². The normalized spacial score (nSPS) is 11.2. The molecule has 1 N–H and O–H groups in total. The van der Waals surface area contributed by atoms with E-state index in [1.165, 1.54) is 29.2 Å². The number of unbranched alkanes of at least 4 members (excludes halogenated alkanes) is 1. The van der Waals surface area contributed by atoms with E-state index in [4.69, 9.17) is 0 Å². The summed E-state index contributed by atoms with van der Waals surface area (Å²) in [5, 5.41) is 3.96. The van der Waals surface area contributed by atoms with Crippen molar-refractivity contribution in [2.45, 2.75) is 51.9 Å². The third-order valence-electron chi connectivity index (χ3n) is 4.76. The molecule has 5 nitrogen and oxygen atoms in total. The molecule has 0 fully saturated rings. The van der Waals surface area contributed by atoms with Gasteiger partial charge in [0, 0.05) is 23.5 Å². The van der Waals surface area contributed by atoms with Gasteiger partial charge < -0.3 is 5.32 Å². The van der Waals surface area contributed by atoms with Crippen molar-refractivity contribution in [3.8, 4) is 0 Å². The Hall–Kier alpha value is -2.19. The van der Waals surface area contributed by atoms with E-state index >= 15 is 0 Å². The lowest BCUT2D eigenvalue weighted by Crippen LogP contribution is -2.27. The van der Waals surface area contributed by atoms with Crippen molar-refractivity contribution in [1.82, 2.24) is 14.9 Å². The number of carbonyl (C=O) groups excluding carboxylic acids is 1. The Balaban J connectivity index is 1.77. The van der Waals surface area contributed by atoms with E-state index in [0.29, 0.717) is 27.5 Å². The van der Waals surface area contributed by atoms with Crippen LogP contribution in [0.3, 0.4) is 0 Å². The zero-order valence-corrected chi connectivity index (χ0v) is 18.4. The predicted octanol–water partition coefficient (Wildman–Crippen LogP) is 4.42. The number of halogens is 1. The summed E-state index contributed by atoms with van der Waals surface area (Å²) in [6, 6.07) is 6.35. The van der Waals surface area contributed by atoms with E-state index < -0.39 is 0 Å². The zero-order chi connectivity index (χ0) is 21.0. The van der Waals surface area contributed by atoms with E-state index in [1.54, 1.807) is 22.8 Å². The van der Waals surface area contributed by atoms with E-state index in [-0.39, 0.29) is 29.6 Å². The summed E-state index contributed by atoms with van der Waals surface area (Å²) in [6.07, 6.45) is 1.82. The van der Waals surface area contributed by atoms with Crippen LogP contribution in [0, 0.1) is 19.7 Å². The van der Waals surface area contributed by atoms with Crippen molar-refractivity contribution in [2.75, 3.05) is 5.75 Å². The number of nitrogens with one attached hydrogen (secondary N) is 1. The van der Waals surface area contributed by atoms with Crippen LogP contribution in [-0.2, 0) is 17.9 Å².